The monoisotopic (exact) mass is 192 g/mol. The summed E-state index contributed by atoms with van der Waals surface area (Å²) in [7, 11) is 0. The highest BCUT2D eigenvalue weighted by molar-refractivity contribution is 5.40. The Morgan fingerprint density at radius 1 is 1.21 bits per heavy atom. The Morgan fingerprint density at radius 3 is 2.29 bits per heavy atom. The minimum Gasteiger partial charge on any atom is -0.0773 e. The van der Waals surface area contributed by atoms with Crippen LogP contribution in [0.4, 0.5) is 0 Å². The fourth-order valence-corrected chi connectivity index (χ4v) is 2.20. The van der Waals surface area contributed by atoms with E-state index < -0.39 is 0 Å². The summed E-state index contributed by atoms with van der Waals surface area (Å²) in [6.45, 7) is 10.9. The van der Waals surface area contributed by atoms with Crippen LogP contribution in [-0.4, -0.2) is 0 Å². The van der Waals surface area contributed by atoms with Crippen molar-refractivity contribution in [2.75, 3.05) is 0 Å². The topological polar surface area (TPSA) is 0 Å². The van der Waals surface area contributed by atoms with E-state index in [1.54, 1.807) is 11.1 Å². The van der Waals surface area contributed by atoms with Crippen LogP contribution >= 0.6 is 0 Å². The molecule has 0 saturated heterocycles. The molecule has 0 aliphatic heterocycles. The molecule has 0 nitrogen and oxygen atoms in total. The quantitative estimate of drug-likeness (QED) is 0.600. The Kier molecular flexibility index (Phi) is 3.97. The molecule has 0 radical (unpaired) electrons. The largest absolute Gasteiger partial charge is 0.0773 e. The SMILES string of the molecule is CC.CCC1=CC2CC2C=C1C(C)C. The van der Waals surface area contributed by atoms with Gasteiger partial charge < -0.3 is 0 Å². The molecule has 2 aliphatic rings. The van der Waals surface area contributed by atoms with Crippen LogP contribution in [0.25, 0.3) is 0 Å². The van der Waals surface area contributed by atoms with E-state index in [9.17, 15) is 0 Å². The molecule has 0 heteroatoms. The minimum atomic E-state index is 0.720. The van der Waals surface area contributed by atoms with Crippen molar-refractivity contribution < 1.29 is 0 Å². The minimum absolute atomic E-state index is 0.720. The van der Waals surface area contributed by atoms with Crippen LogP contribution in [0.15, 0.2) is 23.3 Å². The number of hydrogen-bond donors (Lipinski definition) is 0. The number of fused-ring (bicyclic) bond motifs is 1. The second-order valence-corrected chi connectivity index (χ2v) is 4.39. The van der Waals surface area contributed by atoms with Crippen LogP contribution in [0, 0.1) is 17.8 Å². The van der Waals surface area contributed by atoms with E-state index in [1.807, 2.05) is 13.8 Å². The van der Waals surface area contributed by atoms with Gasteiger partial charge in [-0.25, -0.2) is 0 Å². The van der Waals surface area contributed by atoms with E-state index in [-0.39, 0.29) is 0 Å². The first kappa shape index (κ1) is 11.6. The summed E-state index contributed by atoms with van der Waals surface area (Å²) in [5.74, 6) is 2.55. The first-order valence-corrected chi connectivity index (χ1v) is 6.15. The van der Waals surface area contributed by atoms with Gasteiger partial charge >= 0.3 is 0 Å². The van der Waals surface area contributed by atoms with E-state index in [0.29, 0.717) is 0 Å². The van der Waals surface area contributed by atoms with Crippen LogP contribution in [-0.2, 0) is 0 Å². The maximum absolute atomic E-state index is 2.52. The van der Waals surface area contributed by atoms with Gasteiger partial charge in [0.15, 0.2) is 0 Å². The predicted molar refractivity (Wildman–Crippen MR) is 64.2 cm³/mol. The average molecular weight is 192 g/mol. The van der Waals surface area contributed by atoms with Gasteiger partial charge in [-0.15, -0.1) is 0 Å². The molecule has 0 aromatic carbocycles. The van der Waals surface area contributed by atoms with Gasteiger partial charge in [-0.05, 0) is 41.7 Å². The van der Waals surface area contributed by atoms with E-state index in [2.05, 4.69) is 32.9 Å². The van der Waals surface area contributed by atoms with Gasteiger partial charge in [0, 0.05) is 0 Å². The zero-order chi connectivity index (χ0) is 10.7. The summed E-state index contributed by atoms with van der Waals surface area (Å²) in [6.07, 6.45) is 7.67. The predicted octanol–water partition coefficient (Wildman–Crippen LogP) is 4.58. The normalized spacial score (nSPS) is 28.4. The van der Waals surface area contributed by atoms with Crippen LogP contribution < -0.4 is 0 Å². The first-order valence-electron chi connectivity index (χ1n) is 6.15. The van der Waals surface area contributed by atoms with Crippen LogP contribution in [0.1, 0.15) is 47.5 Å². The maximum atomic E-state index is 2.52. The van der Waals surface area contributed by atoms with Crippen molar-refractivity contribution in [3.63, 3.8) is 0 Å². The molecule has 0 aromatic heterocycles. The highest BCUT2D eigenvalue weighted by atomic mass is 14.4. The van der Waals surface area contributed by atoms with Crippen molar-refractivity contribution in [1.29, 1.82) is 0 Å². The summed E-state index contributed by atoms with van der Waals surface area (Å²) >= 11 is 0. The summed E-state index contributed by atoms with van der Waals surface area (Å²) in [5.41, 5.74) is 3.24. The molecule has 14 heavy (non-hydrogen) atoms. The first-order chi connectivity index (χ1) is 6.72. The highest BCUT2D eigenvalue weighted by Gasteiger charge is 2.37. The fourth-order valence-electron chi connectivity index (χ4n) is 2.20. The van der Waals surface area contributed by atoms with Gasteiger partial charge in [-0.2, -0.15) is 0 Å². The van der Waals surface area contributed by atoms with Crippen molar-refractivity contribution in [3.05, 3.63) is 23.3 Å². The zero-order valence-corrected chi connectivity index (χ0v) is 10.3. The smallest absolute Gasteiger partial charge is 0.0158 e. The van der Waals surface area contributed by atoms with Crippen molar-refractivity contribution >= 4 is 0 Å². The molecule has 0 bridgehead atoms. The molecular weight excluding hydrogens is 168 g/mol. The number of allylic oxidation sites excluding steroid dienone is 4. The number of rotatable bonds is 2. The van der Waals surface area contributed by atoms with Crippen LogP contribution in [0.2, 0.25) is 0 Å². The van der Waals surface area contributed by atoms with Gasteiger partial charge in [-0.1, -0.05) is 46.8 Å². The molecule has 2 rings (SSSR count). The lowest BCUT2D eigenvalue weighted by Gasteiger charge is -2.17. The third-order valence-electron chi connectivity index (χ3n) is 3.07. The number of hydrogen-bond acceptors (Lipinski definition) is 0. The van der Waals surface area contributed by atoms with Crippen molar-refractivity contribution in [2.24, 2.45) is 17.8 Å². The van der Waals surface area contributed by atoms with Gasteiger partial charge in [0.2, 0.25) is 0 Å². The fraction of sp³-hybridized carbons (Fsp3) is 0.714. The maximum Gasteiger partial charge on any atom is -0.0158 e. The molecule has 0 spiro atoms. The Hall–Kier alpha value is -0.520. The molecule has 1 saturated carbocycles. The third-order valence-corrected chi connectivity index (χ3v) is 3.07. The lowest BCUT2D eigenvalue weighted by atomic mass is 9.88. The van der Waals surface area contributed by atoms with Crippen molar-refractivity contribution in [1.82, 2.24) is 0 Å². The van der Waals surface area contributed by atoms with E-state index in [1.165, 1.54) is 12.8 Å². The summed E-state index contributed by atoms with van der Waals surface area (Å²) < 4.78 is 0. The molecule has 0 aromatic rings. The molecule has 1 fully saturated rings. The highest BCUT2D eigenvalue weighted by Crippen LogP contribution is 2.48. The average Bonchev–Trinajstić information content (AvgIpc) is 2.96. The van der Waals surface area contributed by atoms with Crippen molar-refractivity contribution in [3.8, 4) is 0 Å². The van der Waals surface area contributed by atoms with Crippen LogP contribution in [0.3, 0.4) is 0 Å². The van der Waals surface area contributed by atoms with Gasteiger partial charge in [0.1, 0.15) is 0 Å². The molecule has 2 atom stereocenters. The van der Waals surface area contributed by atoms with Gasteiger partial charge in [-0.3, -0.25) is 0 Å². The van der Waals surface area contributed by atoms with Crippen molar-refractivity contribution in [2.45, 2.75) is 47.5 Å². The second-order valence-electron chi connectivity index (χ2n) is 4.39. The lowest BCUT2D eigenvalue weighted by molar-refractivity contribution is 0.738. The summed E-state index contributed by atoms with van der Waals surface area (Å²) in [4.78, 5) is 0. The molecule has 2 unspecified atom stereocenters. The Labute approximate surface area is 89.1 Å². The van der Waals surface area contributed by atoms with E-state index >= 15 is 0 Å². The summed E-state index contributed by atoms with van der Waals surface area (Å²) in [6, 6.07) is 0. The van der Waals surface area contributed by atoms with Gasteiger partial charge in [0.05, 0.1) is 0 Å². The van der Waals surface area contributed by atoms with Crippen LogP contribution in [0.5, 0.6) is 0 Å². The molecule has 80 valence electrons. The van der Waals surface area contributed by atoms with Gasteiger partial charge in [0.25, 0.3) is 0 Å². The van der Waals surface area contributed by atoms with E-state index in [0.717, 1.165) is 17.8 Å². The van der Waals surface area contributed by atoms with E-state index in [4.69, 9.17) is 0 Å². The molecular formula is C14H24. The Balaban J connectivity index is 0.000000461. The third kappa shape index (κ3) is 2.29. The second kappa shape index (κ2) is 4.82. The standard InChI is InChI=1S/C12H18.C2H6/c1-4-9-5-10-6-11(10)7-12(9)8(2)3;1-2/h5,7-8,10-11H,4,6H2,1-3H3;1-2H3. The molecule has 0 heterocycles. The lowest BCUT2D eigenvalue weighted by Crippen LogP contribution is -2.02. The Bertz CT molecular complexity index is 243. The molecule has 0 N–H and O–H groups in total. The molecule has 0 amide bonds. The Morgan fingerprint density at radius 2 is 1.79 bits per heavy atom. The molecule has 2 aliphatic carbocycles. The zero-order valence-electron chi connectivity index (χ0n) is 10.3. The summed E-state index contributed by atoms with van der Waals surface area (Å²) in [5, 5.41) is 0.